The van der Waals surface area contributed by atoms with Gasteiger partial charge in [-0.15, -0.1) is 0 Å². The van der Waals surface area contributed by atoms with Gasteiger partial charge in [-0.3, -0.25) is 10.1 Å². The van der Waals surface area contributed by atoms with E-state index in [1.165, 1.54) is 12.1 Å². The van der Waals surface area contributed by atoms with Crippen molar-refractivity contribution >= 4 is 35.3 Å². The molecular weight excluding hydrogens is 583 g/mol. The smallest absolute Gasteiger partial charge is 0.412 e. The summed E-state index contributed by atoms with van der Waals surface area (Å²) in [6.45, 7) is 5.30. The van der Waals surface area contributed by atoms with E-state index in [0.717, 1.165) is 11.1 Å². The first-order chi connectivity index (χ1) is 20.9. The molecule has 0 aliphatic carbocycles. The molecule has 0 saturated carbocycles. The Kier molecular flexibility index (Phi) is 10.0. The highest BCUT2D eigenvalue weighted by molar-refractivity contribution is 6.30. The minimum absolute atomic E-state index is 0.125. The summed E-state index contributed by atoms with van der Waals surface area (Å²) in [4.78, 5) is 36.8. The van der Waals surface area contributed by atoms with E-state index in [1.54, 1.807) is 81.4 Å². The number of halogens is 2. The van der Waals surface area contributed by atoms with Crippen LogP contribution < -0.4 is 10.6 Å². The van der Waals surface area contributed by atoms with Gasteiger partial charge in [-0.25, -0.2) is 14.0 Å². The highest BCUT2D eigenvalue weighted by Crippen LogP contribution is 2.23. The molecule has 0 aromatic heterocycles. The standard InChI is InChI=1S/C35H30ClFN2O5/c1-35(2,3)44-34(43)38-29-17-9-22(10-18-29)7-11-25-12-8-23(19-30(25)37)20-31(33(41)42)39-32(40)27-6-4-5-26(21-27)24-13-15-28(36)16-14-24/h4-6,8-10,12-19,21,31H,20H2,1-3H3,(H,38,43)(H,39,40)(H,41,42)/t31-/m0/s1. The summed E-state index contributed by atoms with van der Waals surface area (Å²) in [5.41, 5.74) is 2.91. The van der Waals surface area contributed by atoms with Gasteiger partial charge in [-0.05, 0) is 98.1 Å². The fourth-order valence-corrected chi connectivity index (χ4v) is 4.27. The predicted octanol–water partition coefficient (Wildman–Crippen LogP) is 7.32. The van der Waals surface area contributed by atoms with Gasteiger partial charge in [-0.2, -0.15) is 0 Å². The summed E-state index contributed by atoms with van der Waals surface area (Å²) in [5.74, 6) is 3.20. The lowest BCUT2D eigenvalue weighted by Crippen LogP contribution is -2.42. The number of benzene rings is 4. The summed E-state index contributed by atoms with van der Waals surface area (Å²) < 4.78 is 20.1. The SMILES string of the molecule is CC(C)(C)OC(=O)Nc1ccc(C#Cc2ccc(C[C@H](NC(=O)c3cccc(-c4ccc(Cl)cc4)c3)C(=O)O)cc2F)cc1. The number of hydrogen-bond acceptors (Lipinski definition) is 4. The van der Waals surface area contributed by atoms with Gasteiger partial charge in [0.2, 0.25) is 0 Å². The molecule has 9 heteroatoms. The van der Waals surface area contributed by atoms with E-state index in [4.69, 9.17) is 16.3 Å². The van der Waals surface area contributed by atoms with Crippen molar-refractivity contribution in [3.8, 4) is 23.0 Å². The summed E-state index contributed by atoms with van der Waals surface area (Å²) in [5, 5.41) is 15.5. The van der Waals surface area contributed by atoms with Crippen LogP contribution in [0.15, 0.2) is 91.0 Å². The Morgan fingerprint density at radius 3 is 2.25 bits per heavy atom. The fraction of sp³-hybridized carbons (Fsp3) is 0.171. The first kappa shape index (κ1) is 31.8. The van der Waals surface area contributed by atoms with Crippen LogP contribution >= 0.6 is 11.6 Å². The number of rotatable bonds is 7. The number of hydrogen-bond donors (Lipinski definition) is 3. The zero-order valence-electron chi connectivity index (χ0n) is 24.3. The van der Waals surface area contributed by atoms with E-state index in [-0.39, 0.29) is 17.5 Å². The van der Waals surface area contributed by atoms with Gasteiger partial charge in [-0.1, -0.05) is 53.8 Å². The lowest BCUT2D eigenvalue weighted by Gasteiger charge is -2.19. The summed E-state index contributed by atoms with van der Waals surface area (Å²) in [7, 11) is 0. The van der Waals surface area contributed by atoms with Crippen LogP contribution in [0.5, 0.6) is 0 Å². The Bertz CT molecular complexity index is 1740. The summed E-state index contributed by atoms with van der Waals surface area (Å²) in [6.07, 6.45) is -0.708. The highest BCUT2D eigenvalue weighted by atomic mass is 35.5. The fourth-order valence-electron chi connectivity index (χ4n) is 4.14. The van der Waals surface area contributed by atoms with Crippen LogP contribution in [0, 0.1) is 17.7 Å². The monoisotopic (exact) mass is 612 g/mol. The molecule has 4 aromatic carbocycles. The topological polar surface area (TPSA) is 105 Å². The van der Waals surface area contributed by atoms with Gasteiger partial charge in [0.05, 0.1) is 5.56 Å². The van der Waals surface area contributed by atoms with E-state index >= 15 is 0 Å². The molecule has 0 saturated heterocycles. The molecular formula is C35H30ClFN2O5. The van der Waals surface area contributed by atoms with Crippen molar-refractivity contribution in [3.63, 3.8) is 0 Å². The van der Waals surface area contributed by atoms with E-state index in [2.05, 4.69) is 22.5 Å². The molecule has 1 atom stereocenters. The second-order valence-electron chi connectivity index (χ2n) is 10.9. The number of carboxylic acids is 1. The number of carboxylic acid groups (broad SMARTS) is 1. The molecule has 0 heterocycles. The largest absolute Gasteiger partial charge is 0.480 e. The van der Waals surface area contributed by atoms with Crippen molar-refractivity contribution < 1.29 is 28.6 Å². The molecule has 0 radical (unpaired) electrons. The van der Waals surface area contributed by atoms with Crippen LogP contribution in [0.2, 0.25) is 5.02 Å². The molecule has 3 N–H and O–H groups in total. The number of ether oxygens (including phenoxy) is 1. The highest BCUT2D eigenvalue weighted by Gasteiger charge is 2.22. The van der Waals surface area contributed by atoms with E-state index in [1.807, 2.05) is 18.2 Å². The minimum Gasteiger partial charge on any atom is -0.480 e. The van der Waals surface area contributed by atoms with Crippen molar-refractivity contribution in [2.45, 2.75) is 38.8 Å². The van der Waals surface area contributed by atoms with Crippen molar-refractivity contribution in [1.82, 2.24) is 5.32 Å². The third kappa shape index (κ3) is 9.18. The molecule has 4 rings (SSSR count). The molecule has 2 amide bonds. The second kappa shape index (κ2) is 13.9. The third-order valence-electron chi connectivity index (χ3n) is 6.25. The maximum absolute atomic E-state index is 14.9. The second-order valence-corrected chi connectivity index (χ2v) is 11.4. The van der Waals surface area contributed by atoms with Crippen LogP contribution in [0.4, 0.5) is 14.9 Å². The van der Waals surface area contributed by atoms with E-state index < -0.39 is 35.4 Å². The van der Waals surface area contributed by atoms with Gasteiger partial charge >= 0.3 is 12.1 Å². The first-order valence-corrected chi connectivity index (χ1v) is 14.0. The Morgan fingerprint density at radius 1 is 0.909 bits per heavy atom. The van der Waals surface area contributed by atoms with Crippen LogP contribution in [0.1, 0.15) is 47.8 Å². The third-order valence-corrected chi connectivity index (χ3v) is 6.50. The number of aliphatic carboxylic acids is 1. The Morgan fingerprint density at radius 2 is 1.61 bits per heavy atom. The maximum Gasteiger partial charge on any atom is 0.412 e. The van der Waals surface area contributed by atoms with Gasteiger partial charge in [0, 0.05) is 28.3 Å². The van der Waals surface area contributed by atoms with Gasteiger partial charge in [0.25, 0.3) is 5.91 Å². The molecule has 0 aliphatic heterocycles. The molecule has 0 aliphatic rings. The van der Waals surface area contributed by atoms with Crippen LogP contribution in [-0.2, 0) is 16.0 Å². The zero-order chi connectivity index (χ0) is 31.9. The van der Waals surface area contributed by atoms with E-state index in [0.29, 0.717) is 21.8 Å². The van der Waals surface area contributed by atoms with Gasteiger partial charge in [0.15, 0.2) is 0 Å². The molecule has 0 bridgehead atoms. The summed E-state index contributed by atoms with van der Waals surface area (Å²) in [6, 6.07) is 23.5. The van der Waals surface area contributed by atoms with Crippen molar-refractivity contribution in [2.75, 3.05) is 5.32 Å². The minimum atomic E-state index is -1.29. The zero-order valence-corrected chi connectivity index (χ0v) is 25.0. The Balaban J connectivity index is 1.40. The van der Waals surface area contributed by atoms with Crippen molar-refractivity contribution in [2.24, 2.45) is 0 Å². The number of carbonyl (C=O) groups is 3. The number of carbonyl (C=O) groups excluding carboxylic acids is 2. The Hall–Kier alpha value is -5.13. The number of amides is 2. The van der Waals surface area contributed by atoms with Crippen molar-refractivity contribution in [3.05, 3.63) is 124 Å². The number of nitrogens with one attached hydrogen (secondary N) is 2. The van der Waals surface area contributed by atoms with Crippen LogP contribution in [-0.4, -0.2) is 34.7 Å². The lowest BCUT2D eigenvalue weighted by atomic mass is 10.0. The predicted molar refractivity (Wildman–Crippen MR) is 168 cm³/mol. The normalized spacial score (nSPS) is 11.5. The van der Waals surface area contributed by atoms with Crippen LogP contribution in [0.3, 0.4) is 0 Å². The average molecular weight is 613 g/mol. The summed E-state index contributed by atoms with van der Waals surface area (Å²) >= 11 is 5.96. The first-order valence-electron chi connectivity index (χ1n) is 13.7. The van der Waals surface area contributed by atoms with Crippen LogP contribution in [0.25, 0.3) is 11.1 Å². The maximum atomic E-state index is 14.9. The number of anilines is 1. The van der Waals surface area contributed by atoms with Gasteiger partial charge < -0.3 is 15.2 Å². The van der Waals surface area contributed by atoms with Crippen molar-refractivity contribution in [1.29, 1.82) is 0 Å². The molecule has 0 fully saturated rings. The van der Waals surface area contributed by atoms with E-state index in [9.17, 15) is 23.9 Å². The van der Waals surface area contributed by atoms with Gasteiger partial charge in [0.1, 0.15) is 17.5 Å². The molecule has 4 aromatic rings. The molecule has 0 spiro atoms. The lowest BCUT2D eigenvalue weighted by molar-refractivity contribution is -0.139. The Labute approximate surface area is 260 Å². The average Bonchev–Trinajstić information content (AvgIpc) is 2.96. The molecule has 44 heavy (non-hydrogen) atoms. The quantitative estimate of drug-likeness (QED) is 0.190. The molecule has 7 nitrogen and oxygen atoms in total. The molecule has 0 unspecified atom stereocenters. The molecule has 224 valence electrons.